The van der Waals surface area contributed by atoms with Crippen LogP contribution in [0.5, 0.6) is 0 Å². The molecule has 0 radical (unpaired) electrons. The lowest BCUT2D eigenvalue weighted by atomic mass is 10.4. The van der Waals surface area contributed by atoms with Crippen LogP contribution in [0.2, 0.25) is 0 Å². The van der Waals surface area contributed by atoms with E-state index in [2.05, 4.69) is 5.32 Å². The Morgan fingerprint density at radius 2 is 2.00 bits per heavy atom. The van der Waals surface area contributed by atoms with E-state index < -0.39 is 15.8 Å². The Hall–Kier alpha value is -1.25. The van der Waals surface area contributed by atoms with Gasteiger partial charge < -0.3 is 10.2 Å². The molecule has 1 saturated heterocycles. The highest BCUT2D eigenvalue weighted by molar-refractivity contribution is 7.89. The number of hydrogen-bond donors (Lipinski definition) is 1. The molecule has 1 aliphatic rings. The van der Waals surface area contributed by atoms with E-state index in [9.17, 15) is 12.8 Å². The van der Waals surface area contributed by atoms with Crippen LogP contribution < -0.4 is 5.32 Å². The molecular formula is C13H18FN3O2S2. The SMILES string of the molecule is CCNC(=S)N1CCN(S(=O)(=O)c2cccc(F)c2)CC1. The summed E-state index contributed by atoms with van der Waals surface area (Å²) >= 11 is 5.21. The first-order valence-corrected chi connectivity index (χ1v) is 8.58. The van der Waals surface area contributed by atoms with Crippen LogP contribution in [0.3, 0.4) is 0 Å². The molecule has 0 spiro atoms. The van der Waals surface area contributed by atoms with Crippen LogP contribution in [0.4, 0.5) is 4.39 Å². The van der Waals surface area contributed by atoms with Gasteiger partial charge in [0.15, 0.2) is 5.11 Å². The van der Waals surface area contributed by atoms with Gasteiger partial charge in [0.05, 0.1) is 4.90 Å². The molecule has 8 heteroatoms. The second kappa shape index (κ2) is 6.67. The van der Waals surface area contributed by atoms with Crippen molar-refractivity contribution in [3.63, 3.8) is 0 Å². The molecule has 2 rings (SSSR count). The molecule has 0 amide bonds. The zero-order valence-corrected chi connectivity index (χ0v) is 13.4. The van der Waals surface area contributed by atoms with Gasteiger partial charge in [0, 0.05) is 32.7 Å². The van der Waals surface area contributed by atoms with Crippen molar-refractivity contribution in [2.75, 3.05) is 32.7 Å². The lowest BCUT2D eigenvalue weighted by Crippen LogP contribution is -2.52. The predicted molar refractivity (Wildman–Crippen MR) is 83.0 cm³/mol. The van der Waals surface area contributed by atoms with Gasteiger partial charge in [-0.1, -0.05) is 6.07 Å². The van der Waals surface area contributed by atoms with Crippen molar-refractivity contribution in [1.82, 2.24) is 14.5 Å². The quantitative estimate of drug-likeness (QED) is 0.839. The minimum atomic E-state index is -3.64. The van der Waals surface area contributed by atoms with Gasteiger partial charge >= 0.3 is 0 Å². The van der Waals surface area contributed by atoms with E-state index in [-0.39, 0.29) is 4.90 Å². The molecular weight excluding hydrogens is 313 g/mol. The molecule has 1 N–H and O–H groups in total. The fourth-order valence-electron chi connectivity index (χ4n) is 2.17. The van der Waals surface area contributed by atoms with Crippen LogP contribution in [-0.2, 0) is 10.0 Å². The maximum absolute atomic E-state index is 13.2. The monoisotopic (exact) mass is 331 g/mol. The second-order valence-corrected chi connectivity index (χ2v) is 7.01. The van der Waals surface area contributed by atoms with E-state index in [1.807, 2.05) is 11.8 Å². The zero-order chi connectivity index (χ0) is 15.5. The molecule has 1 fully saturated rings. The summed E-state index contributed by atoms with van der Waals surface area (Å²) in [5.41, 5.74) is 0. The van der Waals surface area contributed by atoms with Crippen molar-refractivity contribution >= 4 is 27.4 Å². The Kier molecular flexibility index (Phi) is 5.13. The van der Waals surface area contributed by atoms with E-state index in [0.717, 1.165) is 12.6 Å². The van der Waals surface area contributed by atoms with Gasteiger partial charge in [0.1, 0.15) is 5.82 Å². The first-order chi connectivity index (χ1) is 9.95. The number of sulfonamides is 1. The highest BCUT2D eigenvalue weighted by Crippen LogP contribution is 2.18. The van der Waals surface area contributed by atoms with Crippen molar-refractivity contribution < 1.29 is 12.8 Å². The minimum absolute atomic E-state index is 0.00907. The van der Waals surface area contributed by atoms with E-state index in [4.69, 9.17) is 12.2 Å². The maximum Gasteiger partial charge on any atom is 0.243 e. The first kappa shape index (κ1) is 16.1. The fraction of sp³-hybridized carbons (Fsp3) is 0.462. The summed E-state index contributed by atoms with van der Waals surface area (Å²) < 4.78 is 39.4. The first-order valence-electron chi connectivity index (χ1n) is 6.73. The molecule has 1 aromatic carbocycles. The van der Waals surface area contributed by atoms with Gasteiger partial charge in [-0.25, -0.2) is 12.8 Å². The summed E-state index contributed by atoms with van der Waals surface area (Å²) in [5, 5.41) is 3.69. The average Bonchev–Trinajstić information content (AvgIpc) is 2.47. The lowest BCUT2D eigenvalue weighted by molar-refractivity contribution is 0.264. The molecule has 5 nitrogen and oxygen atoms in total. The number of benzene rings is 1. The molecule has 0 aliphatic carbocycles. The Morgan fingerprint density at radius 1 is 1.33 bits per heavy atom. The Bertz CT molecular complexity index is 614. The Balaban J connectivity index is 2.06. The normalized spacial score (nSPS) is 16.8. The number of thiocarbonyl (C=S) groups is 1. The Morgan fingerprint density at radius 3 is 2.57 bits per heavy atom. The summed E-state index contributed by atoms with van der Waals surface area (Å²) in [4.78, 5) is 1.93. The van der Waals surface area contributed by atoms with Gasteiger partial charge in [0.2, 0.25) is 10.0 Å². The van der Waals surface area contributed by atoms with E-state index >= 15 is 0 Å². The van der Waals surface area contributed by atoms with Crippen LogP contribution in [0, 0.1) is 5.82 Å². The second-order valence-electron chi connectivity index (χ2n) is 4.68. The van der Waals surface area contributed by atoms with Crippen molar-refractivity contribution in [3.05, 3.63) is 30.1 Å². The van der Waals surface area contributed by atoms with Gasteiger partial charge in [-0.2, -0.15) is 4.31 Å². The van der Waals surface area contributed by atoms with Crippen LogP contribution in [0.25, 0.3) is 0 Å². The zero-order valence-electron chi connectivity index (χ0n) is 11.8. The molecule has 0 unspecified atom stereocenters. The third-order valence-electron chi connectivity index (χ3n) is 3.29. The summed E-state index contributed by atoms with van der Waals surface area (Å²) in [7, 11) is -3.64. The molecule has 1 heterocycles. The van der Waals surface area contributed by atoms with Crippen molar-refractivity contribution in [1.29, 1.82) is 0 Å². The molecule has 0 atom stereocenters. The van der Waals surface area contributed by atoms with Crippen molar-refractivity contribution in [2.45, 2.75) is 11.8 Å². The van der Waals surface area contributed by atoms with Gasteiger partial charge in [-0.15, -0.1) is 0 Å². The van der Waals surface area contributed by atoms with Crippen LogP contribution in [0.15, 0.2) is 29.2 Å². The lowest BCUT2D eigenvalue weighted by Gasteiger charge is -2.35. The van der Waals surface area contributed by atoms with Crippen LogP contribution in [0.1, 0.15) is 6.92 Å². The molecule has 1 aromatic rings. The average molecular weight is 331 g/mol. The van der Waals surface area contributed by atoms with Gasteiger partial charge in [-0.05, 0) is 37.3 Å². The molecule has 0 bridgehead atoms. The highest BCUT2D eigenvalue weighted by Gasteiger charge is 2.29. The van der Waals surface area contributed by atoms with Crippen molar-refractivity contribution in [2.24, 2.45) is 0 Å². The largest absolute Gasteiger partial charge is 0.363 e. The van der Waals surface area contributed by atoms with Crippen LogP contribution >= 0.6 is 12.2 Å². The highest BCUT2D eigenvalue weighted by atomic mass is 32.2. The molecule has 116 valence electrons. The topological polar surface area (TPSA) is 52.6 Å². The van der Waals surface area contributed by atoms with E-state index in [1.54, 1.807) is 0 Å². The van der Waals surface area contributed by atoms with E-state index in [0.29, 0.717) is 31.3 Å². The van der Waals surface area contributed by atoms with Crippen molar-refractivity contribution in [3.8, 4) is 0 Å². The van der Waals surface area contributed by atoms with Gasteiger partial charge in [-0.3, -0.25) is 0 Å². The molecule has 0 saturated carbocycles. The summed E-state index contributed by atoms with van der Waals surface area (Å²) in [6.07, 6.45) is 0. The molecule has 21 heavy (non-hydrogen) atoms. The smallest absolute Gasteiger partial charge is 0.243 e. The third-order valence-corrected chi connectivity index (χ3v) is 5.58. The third kappa shape index (κ3) is 3.69. The number of piperazine rings is 1. The fourth-order valence-corrected chi connectivity index (χ4v) is 3.95. The minimum Gasteiger partial charge on any atom is -0.363 e. The molecule has 0 aromatic heterocycles. The Labute approximate surface area is 129 Å². The number of rotatable bonds is 3. The summed E-state index contributed by atoms with van der Waals surface area (Å²) in [5.74, 6) is -0.553. The summed E-state index contributed by atoms with van der Waals surface area (Å²) in [6.45, 7) is 4.42. The number of nitrogens with zero attached hydrogens (tertiary/aromatic N) is 2. The van der Waals surface area contributed by atoms with Crippen LogP contribution in [-0.4, -0.2) is 55.5 Å². The number of hydrogen-bond acceptors (Lipinski definition) is 3. The summed E-state index contributed by atoms with van der Waals surface area (Å²) in [6, 6.07) is 5.09. The standard InChI is InChI=1S/C13H18FN3O2S2/c1-2-15-13(20)16-6-8-17(9-7-16)21(18,19)12-5-3-4-11(14)10-12/h3-5,10H,2,6-9H2,1H3,(H,15,20). The molecule has 1 aliphatic heterocycles. The number of nitrogens with one attached hydrogen (secondary N) is 1. The maximum atomic E-state index is 13.2. The number of halogens is 1. The van der Waals surface area contributed by atoms with E-state index in [1.165, 1.54) is 22.5 Å². The van der Waals surface area contributed by atoms with Gasteiger partial charge in [0.25, 0.3) is 0 Å². The predicted octanol–water partition coefficient (Wildman–Crippen LogP) is 1.03.